The van der Waals surface area contributed by atoms with Crippen molar-refractivity contribution in [1.29, 1.82) is 0 Å². The lowest BCUT2D eigenvalue weighted by atomic mass is 10.3. The van der Waals surface area contributed by atoms with Crippen molar-refractivity contribution in [2.24, 2.45) is 4.99 Å². The lowest BCUT2D eigenvalue weighted by Gasteiger charge is -2.19. The van der Waals surface area contributed by atoms with E-state index in [0.29, 0.717) is 26.4 Å². The number of pyridine rings is 1. The average Bonchev–Trinajstić information content (AvgIpc) is 3.11. The second-order valence-electron chi connectivity index (χ2n) is 5.66. The lowest BCUT2D eigenvalue weighted by molar-refractivity contribution is 0.0347. The topological polar surface area (TPSA) is 77.0 Å². The summed E-state index contributed by atoms with van der Waals surface area (Å²) < 4.78 is 16.7. The van der Waals surface area contributed by atoms with E-state index in [9.17, 15) is 0 Å². The Morgan fingerprint density at radius 1 is 1.52 bits per heavy atom. The largest absolute Gasteiger partial charge is 0.490 e. The third-order valence-corrected chi connectivity index (χ3v) is 3.46. The van der Waals surface area contributed by atoms with E-state index in [1.807, 2.05) is 19.1 Å². The molecule has 0 saturated carbocycles. The molecule has 25 heavy (non-hydrogen) atoms. The molecule has 2 rings (SSSR count). The average molecular weight is 464 g/mol. The fourth-order valence-electron chi connectivity index (χ4n) is 2.27. The first kappa shape index (κ1) is 21.9. The Balaban J connectivity index is 0.00000312. The van der Waals surface area contributed by atoms with Gasteiger partial charge in [0, 0.05) is 25.4 Å². The van der Waals surface area contributed by atoms with Crippen LogP contribution in [0.25, 0.3) is 0 Å². The van der Waals surface area contributed by atoms with Crippen molar-refractivity contribution in [3.63, 3.8) is 0 Å². The maximum atomic E-state index is 5.83. The number of hydrogen-bond donors (Lipinski definition) is 2. The van der Waals surface area contributed by atoms with Gasteiger partial charge in [-0.1, -0.05) is 0 Å². The Bertz CT molecular complexity index is 484. The Kier molecular flexibility index (Phi) is 11.5. The van der Waals surface area contributed by atoms with Gasteiger partial charge in [0.1, 0.15) is 12.4 Å². The number of ether oxygens (including phenoxy) is 3. The van der Waals surface area contributed by atoms with E-state index in [1.54, 1.807) is 12.4 Å². The summed E-state index contributed by atoms with van der Waals surface area (Å²) in [6.45, 7) is 8.13. The van der Waals surface area contributed by atoms with E-state index in [4.69, 9.17) is 14.2 Å². The van der Waals surface area contributed by atoms with E-state index in [2.05, 4.69) is 27.5 Å². The van der Waals surface area contributed by atoms with Crippen molar-refractivity contribution < 1.29 is 14.2 Å². The smallest absolute Gasteiger partial charge is 0.191 e. The number of rotatable bonds is 9. The third kappa shape index (κ3) is 9.22. The van der Waals surface area contributed by atoms with Crippen molar-refractivity contribution in [3.05, 3.63) is 24.5 Å². The van der Waals surface area contributed by atoms with Gasteiger partial charge < -0.3 is 24.8 Å². The Morgan fingerprint density at radius 3 is 3.08 bits per heavy atom. The first-order valence-corrected chi connectivity index (χ1v) is 8.55. The quantitative estimate of drug-likeness (QED) is 0.252. The second-order valence-corrected chi connectivity index (χ2v) is 5.66. The van der Waals surface area contributed by atoms with E-state index < -0.39 is 0 Å². The van der Waals surface area contributed by atoms with Crippen molar-refractivity contribution in [2.45, 2.75) is 32.4 Å². The van der Waals surface area contributed by atoms with Gasteiger partial charge in [-0.05, 0) is 32.4 Å². The van der Waals surface area contributed by atoms with Gasteiger partial charge in [-0.25, -0.2) is 4.99 Å². The third-order valence-electron chi connectivity index (χ3n) is 3.46. The number of nitrogens with one attached hydrogen (secondary N) is 2. The molecule has 0 radical (unpaired) electrons. The zero-order valence-electron chi connectivity index (χ0n) is 14.9. The Hall–Kier alpha value is -1.13. The highest BCUT2D eigenvalue weighted by Gasteiger charge is 2.17. The lowest BCUT2D eigenvalue weighted by Crippen LogP contribution is -2.44. The Labute approximate surface area is 167 Å². The molecule has 2 unspecified atom stereocenters. The molecule has 2 atom stereocenters. The molecule has 0 spiro atoms. The van der Waals surface area contributed by atoms with Gasteiger partial charge in [0.25, 0.3) is 0 Å². The molecule has 1 saturated heterocycles. The first-order chi connectivity index (χ1) is 11.8. The van der Waals surface area contributed by atoms with E-state index >= 15 is 0 Å². The zero-order valence-corrected chi connectivity index (χ0v) is 17.3. The minimum absolute atomic E-state index is 0. The first-order valence-electron chi connectivity index (χ1n) is 8.55. The van der Waals surface area contributed by atoms with Crippen LogP contribution in [0.15, 0.2) is 29.5 Å². The molecule has 0 bridgehead atoms. The van der Waals surface area contributed by atoms with Gasteiger partial charge in [0.05, 0.1) is 32.1 Å². The van der Waals surface area contributed by atoms with Crippen molar-refractivity contribution >= 4 is 29.9 Å². The van der Waals surface area contributed by atoms with Crippen LogP contribution < -0.4 is 15.4 Å². The zero-order chi connectivity index (χ0) is 17.0. The molecular weight excluding hydrogens is 435 g/mol. The molecule has 0 amide bonds. The maximum Gasteiger partial charge on any atom is 0.191 e. The molecule has 1 aliphatic rings. The van der Waals surface area contributed by atoms with E-state index in [1.165, 1.54) is 0 Å². The molecule has 1 aliphatic heterocycles. The summed E-state index contributed by atoms with van der Waals surface area (Å²) in [5, 5.41) is 6.58. The summed E-state index contributed by atoms with van der Waals surface area (Å²) in [7, 11) is 0. The summed E-state index contributed by atoms with van der Waals surface area (Å²) in [4.78, 5) is 8.53. The monoisotopic (exact) mass is 464 g/mol. The molecular formula is C17H29IN4O3. The van der Waals surface area contributed by atoms with Crippen LogP contribution in [0.2, 0.25) is 0 Å². The van der Waals surface area contributed by atoms with Crippen LogP contribution in [-0.2, 0) is 9.47 Å². The van der Waals surface area contributed by atoms with Crippen LogP contribution >= 0.6 is 24.0 Å². The summed E-state index contributed by atoms with van der Waals surface area (Å²) in [5.41, 5.74) is 0. The molecule has 2 N–H and O–H groups in total. The minimum Gasteiger partial charge on any atom is -0.490 e. The van der Waals surface area contributed by atoms with Crippen molar-refractivity contribution in [3.8, 4) is 5.75 Å². The van der Waals surface area contributed by atoms with Crippen LogP contribution in [0.5, 0.6) is 5.75 Å². The van der Waals surface area contributed by atoms with E-state index in [-0.39, 0.29) is 36.1 Å². The number of aliphatic imine (C=N–C) groups is 1. The summed E-state index contributed by atoms with van der Waals surface area (Å²) >= 11 is 0. The fourth-order valence-corrected chi connectivity index (χ4v) is 2.27. The highest BCUT2D eigenvalue weighted by atomic mass is 127. The molecule has 1 aromatic rings. The molecule has 2 heterocycles. The maximum absolute atomic E-state index is 5.83. The van der Waals surface area contributed by atoms with Crippen molar-refractivity contribution in [2.75, 3.05) is 39.5 Å². The SMILES string of the molecule is CCNC(=NCCOc1cccnc1)NC(C)COC1CCOC1.I. The number of guanidine groups is 1. The van der Waals surface area contributed by atoms with Gasteiger partial charge in [-0.15, -0.1) is 24.0 Å². The van der Waals surface area contributed by atoms with Crippen LogP contribution in [0.1, 0.15) is 20.3 Å². The molecule has 7 nitrogen and oxygen atoms in total. The van der Waals surface area contributed by atoms with Gasteiger partial charge in [0.2, 0.25) is 0 Å². The fraction of sp³-hybridized carbons (Fsp3) is 0.647. The Morgan fingerprint density at radius 2 is 2.40 bits per heavy atom. The predicted octanol–water partition coefficient (Wildman–Crippen LogP) is 1.83. The standard InChI is InChI=1S/C17H28N4O3.HI/c1-3-19-17(20-8-10-23-15-5-4-7-18-11-15)21-14(2)12-24-16-6-9-22-13-16;/h4-5,7,11,14,16H,3,6,8-10,12-13H2,1-2H3,(H2,19,20,21);1H. The normalized spacial score (nSPS) is 18.3. The summed E-state index contributed by atoms with van der Waals surface area (Å²) in [6, 6.07) is 3.90. The van der Waals surface area contributed by atoms with Gasteiger partial charge in [-0.2, -0.15) is 0 Å². The predicted molar refractivity (Wildman–Crippen MR) is 109 cm³/mol. The molecule has 0 aromatic carbocycles. The molecule has 8 heteroatoms. The van der Waals surface area contributed by atoms with Gasteiger partial charge >= 0.3 is 0 Å². The second kappa shape index (κ2) is 13.1. The molecule has 1 aromatic heterocycles. The molecule has 142 valence electrons. The van der Waals surface area contributed by atoms with Crippen LogP contribution in [0.4, 0.5) is 0 Å². The van der Waals surface area contributed by atoms with E-state index in [0.717, 1.165) is 31.3 Å². The number of halogens is 1. The number of aromatic nitrogens is 1. The molecule has 1 fully saturated rings. The van der Waals surface area contributed by atoms with Crippen LogP contribution in [-0.4, -0.2) is 62.6 Å². The minimum atomic E-state index is 0. The number of nitrogens with zero attached hydrogens (tertiary/aromatic N) is 2. The van der Waals surface area contributed by atoms with Gasteiger partial charge in [-0.3, -0.25) is 4.98 Å². The van der Waals surface area contributed by atoms with Crippen LogP contribution in [0, 0.1) is 0 Å². The molecule has 0 aliphatic carbocycles. The van der Waals surface area contributed by atoms with Crippen LogP contribution in [0.3, 0.4) is 0 Å². The summed E-state index contributed by atoms with van der Waals surface area (Å²) in [5.74, 6) is 1.53. The highest BCUT2D eigenvalue weighted by molar-refractivity contribution is 14.0. The highest BCUT2D eigenvalue weighted by Crippen LogP contribution is 2.08. The number of hydrogen-bond acceptors (Lipinski definition) is 5. The van der Waals surface area contributed by atoms with Crippen molar-refractivity contribution in [1.82, 2.24) is 15.6 Å². The van der Waals surface area contributed by atoms with Gasteiger partial charge in [0.15, 0.2) is 5.96 Å². The summed E-state index contributed by atoms with van der Waals surface area (Å²) in [6.07, 6.45) is 4.62.